The number of hydrogen-bond donors (Lipinski definition) is 2. The summed E-state index contributed by atoms with van der Waals surface area (Å²) >= 11 is 0. The minimum absolute atomic E-state index is 0.307. The third-order valence-corrected chi connectivity index (χ3v) is 3.97. The highest BCUT2D eigenvalue weighted by molar-refractivity contribution is 5.55. The molecule has 0 atom stereocenters. The van der Waals surface area contributed by atoms with Crippen molar-refractivity contribution in [3.63, 3.8) is 0 Å². The third kappa shape index (κ3) is 3.88. The van der Waals surface area contributed by atoms with E-state index in [1.165, 1.54) is 6.33 Å². The molecule has 2 heterocycles. The number of aromatic nitrogens is 4. The molecule has 3 aromatic rings. The zero-order valence-electron chi connectivity index (χ0n) is 14.4. The maximum atomic E-state index is 13.3. The summed E-state index contributed by atoms with van der Waals surface area (Å²) in [5, 5.41) is 7.26. The number of halogens is 3. The van der Waals surface area contributed by atoms with Gasteiger partial charge in [-0.3, -0.25) is 4.68 Å². The second kappa shape index (κ2) is 6.83. The molecule has 0 aliphatic carbocycles. The predicted molar refractivity (Wildman–Crippen MR) is 91.7 cm³/mol. The van der Waals surface area contributed by atoms with Crippen molar-refractivity contribution in [2.45, 2.75) is 26.2 Å². The highest BCUT2D eigenvalue weighted by atomic mass is 19.4. The fraction of sp³-hybridized carbons (Fsp3) is 0.294. The Morgan fingerprint density at radius 3 is 2.54 bits per heavy atom. The van der Waals surface area contributed by atoms with Crippen LogP contribution in [0, 0.1) is 6.92 Å². The van der Waals surface area contributed by atoms with Gasteiger partial charge >= 0.3 is 6.18 Å². The van der Waals surface area contributed by atoms with Crippen molar-refractivity contribution in [3.8, 4) is 5.69 Å². The van der Waals surface area contributed by atoms with Crippen LogP contribution in [-0.4, -0.2) is 19.3 Å². The number of rotatable bonds is 5. The lowest BCUT2D eigenvalue weighted by Crippen LogP contribution is -2.10. The molecule has 0 saturated carbocycles. The van der Waals surface area contributed by atoms with E-state index in [2.05, 4.69) is 15.4 Å². The van der Waals surface area contributed by atoms with Gasteiger partial charge in [-0.15, -0.1) is 0 Å². The fourth-order valence-corrected chi connectivity index (χ4v) is 2.62. The molecular weight excluding hydrogens is 345 g/mol. The van der Waals surface area contributed by atoms with E-state index in [0.717, 1.165) is 29.2 Å². The molecule has 6 nitrogen and oxygen atoms in total. The van der Waals surface area contributed by atoms with Crippen LogP contribution in [0.15, 0.2) is 36.8 Å². The molecule has 26 heavy (non-hydrogen) atoms. The minimum atomic E-state index is -4.44. The van der Waals surface area contributed by atoms with Gasteiger partial charge in [-0.05, 0) is 31.2 Å². The lowest BCUT2D eigenvalue weighted by molar-refractivity contribution is -0.137. The van der Waals surface area contributed by atoms with E-state index in [4.69, 9.17) is 5.73 Å². The van der Waals surface area contributed by atoms with E-state index in [0.29, 0.717) is 24.5 Å². The van der Waals surface area contributed by atoms with Gasteiger partial charge < -0.3 is 15.6 Å². The molecule has 3 N–H and O–H groups in total. The average molecular weight is 364 g/mol. The van der Waals surface area contributed by atoms with Crippen LogP contribution in [0.4, 0.5) is 18.9 Å². The summed E-state index contributed by atoms with van der Waals surface area (Å²) in [5.41, 5.74) is 7.85. The number of anilines is 1. The van der Waals surface area contributed by atoms with E-state index < -0.39 is 11.7 Å². The molecule has 0 radical (unpaired) electrons. The zero-order valence-corrected chi connectivity index (χ0v) is 14.4. The summed E-state index contributed by atoms with van der Waals surface area (Å²) in [7, 11) is 1.77. The van der Waals surface area contributed by atoms with Gasteiger partial charge in [0.2, 0.25) is 0 Å². The first-order valence-corrected chi connectivity index (χ1v) is 7.95. The first-order chi connectivity index (χ1) is 12.3. The maximum Gasteiger partial charge on any atom is 0.416 e. The second-order valence-corrected chi connectivity index (χ2v) is 6.00. The number of imidazole rings is 1. The van der Waals surface area contributed by atoms with Gasteiger partial charge in [0.15, 0.2) is 0 Å². The minimum Gasteiger partial charge on any atom is -0.379 e. The van der Waals surface area contributed by atoms with Crippen LogP contribution in [0.1, 0.15) is 22.6 Å². The quantitative estimate of drug-likeness (QED) is 0.730. The highest BCUT2D eigenvalue weighted by Crippen LogP contribution is 2.33. The van der Waals surface area contributed by atoms with E-state index in [1.807, 2.05) is 6.07 Å². The largest absolute Gasteiger partial charge is 0.416 e. The zero-order chi connectivity index (χ0) is 18.9. The molecule has 0 saturated heterocycles. The van der Waals surface area contributed by atoms with Crippen LogP contribution in [0.25, 0.3) is 5.69 Å². The Morgan fingerprint density at radius 1 is 1.19 bits per heavy atom. The van der Waals surface area contributed by atoms with Crippen molar-refractivity contribution in [2.75, 3.05) is 5.32 Å². The van der Waals surface area contributed by atoms with Crippen molar-refractivity contribution >= 4 is 5.69 Å². The van der Waals surface area contributed by atoms with Crippen LogP contribution in [0.5, 0.6) is 0 Å². The Hall–Kier alpha value is -2.81. The molecule has 0 bridgehead atoms. The van der Waals surface area contributed by atoms with Crippen LogP contribution in [-0.2, 0) is 26.3 Å². The molecule has 138 valence electrons. The van der Waals surface area contributed by atoms with Crippen molar-refractivity contribution < 1.29 is 13.2 Å². The molecule has 1 aromatic carbocycles. The Bertz CT molecular complexity index is 910. The first kappa shape index (κ1) is 18.0. The highest BCUT2D eigenvalue weighted by Gasteiger charge is 2.31. The summed E-state index contributed by atoms with van der Waals surface area (Å²) in [6.07, 6.45) is -1.28. The van der Waals surface area contributed by atoms with E-state index in [-0.39, 0.29) is 0 Å². The van der Waals surface area contributed by atoms with Crippen LogP contribution < -0.4 is 11.1 Å². The summed E-state index contributed by atoms with van der Waals surface area (Å²) in [5.74, 6) is 0. The number of benzene rings is 1. The van der Waals surface area contributed by atoms with Crippen molar-refractivity contribution in [1.29, 1.82) is 0 Å². The number of aryl methyl sites for hydroxylation is 2. The van der Waals surface area contributed by atoms with Gasteiger partial charge in [-0.1, -0.05) is 0 Å². The SMILES string of the molecule is Cc1cn(-c2cc(NCc3cc(CN)nn3C)cc(C(F)(F)F)c2)cn1. The van der Waals surface area contributed by atoms with Gasteiger partial charge in [-0.2, -0.15) is 18.3 Å². The summed E-state index contributed by atoms with van der Waals surface area (Å²) < 4.78 is 43.0. The van der Waals surface area contributed by atoms with Crippen LogP contribution >= 0.6 is 0 Å². The molecule has 0 spiro atoms. The molecule has 3 rings (SSSR count). The summed E-state index contributed by atoms with van der Waals surface area (Å²) in [4.78, 5) is 4.07. The molecule has 0 fully saturated rings. The molecule has 0 aliphatic rings. The monoisotopic (exact) mass is 364 g/mol. The Balaban J connectivity index is 1.91. The van der Waals surface area contributed by atoms with Gasteiger partial charge in [0.05, 0.1) is 35.5 Å². The van der Waals surface area contributed by atoms with Crippen LogP contribution in [0.2, 0.25) is 0 Å². The summed E-state index contributed by atoms with van der Waals surface area (Å²) in [6, 6.07) is 5.66. The normalized spacial score (nSPS) is 11.8. The van der Waals surface area contributed by atoms with Gasteiger partial charge in [0.25, 0.3) is 0 Å². The van der Waals surface area contributed by atoms with Crippen LogP contribution in [0.3, 0.4) is 0 Å². The van der Waals surface area contributed by atoms with E-state index >= 15 is 0 Å². The smallest absolute Gasteiger partial charge is 0.379 e. The van der Waals surface area contributed by atoms with E-state index in [1.54, 1.807) is 35.5 Å². The first-order valence-electron chi connectivity index (χ1n) is 7.95. The lowest BCUT2D eigenvalue weighted by Gasteiger charge is -2.14. The number of nitrogens with zero attached hydrogens (tertiary/aromatic N) is 4. The Morgan fingerprint density at radius 2 is 1.96 bits per heavy atom. The maximum absolute atomic E-state index is 13.3. The number of nitrogens with one attached hydrogen (secondary N) is 1. The fourth-order valence-electron chi connectivity index (χ4n) is 2.62. The average Bonchev–Trinajstić information content (AvgIpc) is 3.17. The van der Waals surface area contributed by atoms with Gasteiger partial charge in [-0.25, -0.2) is 4.98 Å². The molecular formula is C17H19F3N6. The number of alkyl halides is 3. The van der Waals surface area contributed by atoms with Crippen molar-refractivity contribution in [2.24, 2.45) is 12.8 Å². The van der Waals surface area contributed by atoms with Crippen molar-refractivity contribution in [1.82, 2.24) is 19.3 Å². The topological polar surface area (TPSA) is 73.7 Å². The number of nitrogens with two attached hydrogens (primary N) is 1. The predicted octanol–water partition coefficient (Wildman–Crippen LogP) is 3.00. The molecule has 2 aromatic heterocycles. The van der Waals surface area contributed by atoms with E-state index in [9.17, 15) is 13.2 Å². The molecule has 0 unspecified atom stereocenters. The standard InChI is InChI=1S/C17H19F3N6/c1-11-9-26(10-23-11)15-4-12(17(18,19)20)3-13(5-15)22-8-16-6-14(7-21)24-25(16)2/h3-6,9-10,22H,7-8,21H2,1-2H3. The molecule has 9 heteroatoms. The number of hydrogen-bond acceptors (Lipinski definition) is 4. The van der Waals surface area contributed by atoms with Gasteiger partial charge in [0.1, 0.15) is 0 Å². The van der Waals surface area contributed by atoms with Gasteiger partial charge in [0, 0.05) is 31.2 Å². The summed E-state index contributed by atoms with van der Waals surface area (Å²) in [6.45, 7) is 2.41. The van der Waals surface area contributed by atoms with Crippen molar-refractivity contribution in [3.05, 3.63) is 59.4 Å². The third-order valence-electron chi connectivity index (χ3n) is 3.97. The Kier molecular flexibility index (Phi) is 4.73. The molecule has 0 aliphatic heterocycles. The lowest BCUT2D eigenvalue weighted by atomic mass is 10.1. The second-order valence-electron chi connectivity index (χ2n) is 6.00. The molecule has 0 amide bonds. The Labute approximate surface area is 148 Å².